The van der Waals surface area contributed by atoms with Gasteiger partial charge in [-0.2, -0.15) is 0 Å². The molecule has 3 amide bonds. The summed E-state index contributed by atoms with van der Waals surface area (Å²) in [5.74, 6) is -2.66. The van der Waals surface area contributed by atoms with Crippen LogP contribution in [0.4, 0.5) is 4.39 Å². The minimum atomic E-state index is -1.20. The van der Waals surface area contributed by atoms with Crippen LogP contribution < -0.4 is 10.6 Å². The van der Waals surface area contributed by atoms with Crippen molar-refractivity contribution >= 4 is 17.7 Å². The van der Waals surface area contributed by atoms with Gasteiger partial charge in [-0.3, -0.25) is 14.4 Å². The summed E-state index contributed by atoms with van der Waals surface area (Å²) in [5.41, 5.74) is -2.04. The van der Waals surface area contributed by atoms with Gasteiger partial charge in [0, 0.05) is 18.1 Å². The highest BCUT2D eigenvalue weighted by atomic mass is 19.1. The molecule has 1 spiro atoms. The van der Waals surface area contributed by atoms with Gasteiger partial charge in [0.25, 0.3) is 0 Å². The molecule has 1 aromatic rings. The third-order valence-corrected chi connectivity index (χ3v) is 8.83. The lowest BCUT2D eigenvalue weighted by Gasteiger charge is -2.42. The first-order valence-corrected chi connectivity index (χ1v) is 13.1. The van der Waals surface area contributed by atoms with Crippen molar-refractivity contribution in [3.05, 3.63) is 47.8 Å². The predicted octanol–water partition coefficient (Wildman–Crippen LogP) is 3.23. The first kappa shape index (κ1) is 24.9. The van der Waals surface area contributed by atoms with Crippen molar-refractivity contribution in [3.63, 3.8) is 0 Å². The molecule has 1 saturated carbocycles. The highest BCUT2D eigenvalue weighted by molar-refractivity contribution is 6.00. The number of ether oxygens (including phenoxy) is 1. The van der Waals surface area contributed by atoms with Crippen molar-refractivity contribution < 1.29 is 23.5 Å². The smallest absolute Gasteiger partial charge is 0.246 e. The second-order valence-corrected chi connectivity index (χ2v) is 11.5. The van der Waals surface area contributed by atoms with Crippen LogP contribution in [0.1, 0.15) is 65.4 Å². The average Bonchev–Trinajstić information content (AvgIpc) is 3.58. The monoisotopic (exact) mass is 497 g/mol. The van der Waals surface area contributed by atoms with Crippen molar-refractivity contribution in [2.45, 2.75) is 95.2 Å². The summed E-state index contributed by atoms with van der Waals surface area (Å²) in [6.07, 6.45) is 8.37. The molecule has 1 aromatic carbocycles. The maximum Gasteiger partial charge on any atom is 0.246 e. The van der Waals surface area contributed by atoms with E-state index in [0.29, 0.717) is 6.42 Å². The Kier molecular flexibility index (Phi) is 6.01. The van der Waals surface area contributed by atoms with Crippen LogP contribution in [0.3, 0.4) is 0 Å². The topological polar surface area (TPSA) is 87.7 Å². The number of hydrogen-bond acceptors (Lipinski definition) is 4. The van der Waals surface area contributed by atoms with E-state index in [1.807, 2.05) is 39.8 Å². The fourth-order valence-electron chi connectivity index (χ4n) is 6.61. The van der Waals surface area contributed by atoms with Gasteiger partial charge in [-0.25, -0.2) is 4.39 Å². The van der Waals surface area contributed by atoms with Crippen molar-refractivity contribution in [1.82, 2.24) is 15.5 Å². The van der Waals surface area contributed by atoms with Gasteiger partial charge in [-0.15, -0.1) is 0 Å². The molecule has 8 heteroatoms. The molecule has 5 rings (SSSR count). The highest BCUT2D eigenvalue weighted by Gasteiger charge is 2.77. The lowest BCUT2D eigenvalue weighted by atomic mass is 9.70. The molecule has 0 radical (unpaired) electrons. The molecular weight excluding hydrogens is 461 g/mol. The molecule has 0 aromatic heterocycles. The standard InChI is InChI=1S/C28H36FN3O4/c1-5-26(2,3)32-22(24(34)31-19-8-6-7-9-19)28-15-14-27(4,36-28)20(21(28)25(32)35)23(33)30-16-17-10-12-18(29)13-11-17/h10-15,19-22H,5-9,16H2,1-4H3,(H,30,33)(H,31,34)/t20-,21-,22-,27+,28-/m0/s1. The number of rotatable bonds is 7. The molecular formula is C28H36FN3O4. The van der Waals surface area contributed by atoms with Crippen LogP contribution in [0.5, 0.6) is 0 Å². The number of nitrogens with one attached hydrogen (secondary N) is 2. The molecule has 3 fully saturated rings. The molecule has 36 heavy (non-hydrogen) atoms. The molecule has 3 aliphatic heterocycles. The Balaban J connectivity index is 1.47. The van der Waals surface area contributed by atoms with Gasteiger partial charge in [-0.05, 0) is 57.7 Å². The number of hydrogen-bond donors (Lipinski definition) is 2. The second kappa shape index (κ2) is 8.68. The van der Waals surface area contributed by atoms with Crippen molar-refractivity contribution in [3.8, 4) is 0 Å². The zero-order chi connectivity index (χ0) is 25.9. The van der Waals surface area contributed by atoms with Crippen LogP contribution in [0.25, 0.3) is 0 Å². The fraction of sp³-hybridized carbons (Fsp3) is 0.607. The van der Waals surface area contributed by atoms with E-state index in [0.717, 1.165) is 31.2 Å². The van der Waals surface area contributed by atoms with Gasteiger partial charge in [0.1, 0.15) is 17.5 Å². The van der Waals surface area contributed by atoms with Gasteiger partial charge in [0.2, 0.25) is 17.7 Å². The molecule has 2 saturated heterocycles. The summed E-state index contributed by atoms with van der Waals surface area (Å²) in [7, 11) is 0. The van der Waals surface area contributed by atoms with Crippen LogP contribution in [0, 0.1) is 17.7 Å². The third kappa shape index (κ3) is 3.76. The summed E-state index contributed by atoms with van der Waals surface area (Å²) in [5, 5.41) is 6.11. The number of carbonyl (C=O) groups excluding carboxylic acids is 3. The number of likely N-dealkylation sites (tertiary alicyclic amines) is 1. The van der Waals surface area contributed by atoms with Crippen LogP contribution in [0.15, 0.2) is 36.4 Å². The van der Waals surface area contributed by atoms with E-state index in [1.54, 1.807) is 17.0 Å². The lowest BCUT2D eigenvalue weighted by molar-refractivity contribution is -0.151. The molecule has 3 heterocycles. The Hall–Kier alpha value is -2.74. The number of amides is 3. The van der Waals surface area contributed by atoms with E-state index < -0.39 is 34.6 Å². The van der Waals surface area contributed by atoms with E-state index in [9.17, 15) is 18.8 Å². The second-order valence-electron chi connectivity index (χ2n) is 11.5. The molecule has 4 aliphatic rings. The van der Waals surface area contributed by atoms with Gasteiger partial charge in [0.05, 0.1) is 17.4 Å². The summed E-state index contributed by atoms with van der Waals surface area (Å²) in [6, 6.07) is 5.18. The minimum absolute atomic E-state index is 0.0996. The largest absolute Gasteiger partial charge is 0.356 e. The SMILES string of the molecule is CCC(C)(C)N1C(=O)[C@@H]2[C@@H](C(=O)NCc3ccc(F)cc3)[C@@]3(C)C=C[C@@]2(O3)[C@@H]1C(=O)NC1CCCC1. The van der Waals surface area contributed by atoms with E-state index >= 15 is 0 Å². The number of benzene rings is 1. The normalized spacial score (nSPS) is 33.3. The molecule has 1 aliphatic carbocycles. The highest BCUT2D eigenvalue weighted by Crippen LogP contribution is 2.60. The maximum absolute atomic E-state index is 14.1. The van der Waals surface area contributed by atoms with E-state index in [4.69, 9.17) is 4.74 Å². The van der Waals surface area contributed by atoms with Gasteiger partial charge in [-0.1, -0.05) is 44.1 Å². The van der Waals surface area contributed by atoms with Crippen LogP contribution in [-0.2, 0) is 25.7 Å². The van der Waals surface area contributed by atoms with Crippen LogP contribution >= 0.6 is 0 Å². The number of halogens is 1. The molecule has 2 N–H and O–H groups in total. The fourth-order valence-corrected chi connectivity index (χ4v) is 6.61. The lowest BCUT2D eigenvalue weighted by Crippen LogP contribution is -2.60. The Labute approximate surface area is 211 Å². The minimum Gasteiger partial charge on any atom is -0.356 e. The molecule has 5 atom stereocenters. The Morgan fingerprint density at radius 3 is 2.44 bits per heavy atom. The summed E-state index contributed by atoms with van der Waals surface area (Å²) < 4.78 is 19.8. The zero-order valence-corrected chi connectivity index (χ0v) is 21.5. The van der Waals surface area contributed by atoms with Crippen molar-refractivity contribution in [1.29, 1.82) is 0 Å². The van der Waals surface area contributed by atoms with Crippen LogP contribution in [0.2, 0.25) is 0 Å². The van der Waals surface area contributed by atoms with E-state index in [2.05, 4.69) is 10.6 Å². The third-order valence-electron chi connectivity index (χ3n) is 8.83. The molecule has 7 nitrogen and oxygen atoms in total. The van der Waals surface area contributed by atoms with E-state index in [-0.39, 0.29) is 36.1 Å². The zero-order valence-electron chi connectivity index (χ0n) is 21.5. The van der Waals surface area contributed by atoms with Crippen molar-refractivity contribution in [2.24, 2.45) is 11.8 Å². The number of carbonyl (C=O) groups is 3. The first-order valence-electron chi connectivity index (χ1n) is 13.1. The van der Waals surface area contributed by atoms with Gasteiger partial charge < -0.3 is 20.3 Å². The summed E-state index contributed by atoms with van der Waals surface area (Å²) in [6.45, 7) is 7.93. The maximum atomic E-state index is 14.1. The van der Waals surface area contributed by atoms with E-state index in [1.165, 1.54) is 12.1 Å². The van der Waals surface area contributed by atoms with Crippen molar-refractivity contribution in [2.75, 3.05) is 0 Å². The molecule has 194 valence electrons. The first-order chi connectivity index (χ1) is 17.0. The van der Waals surface area contributed by atoms with Gasteiger partial charge in [0.15, 0.2) is 0 Å². The Morgan fingerprint density at radius 1 is 1.14 bits per heavy atom. The predicted molar refractivity (Wildman–Crippen MR) is 132 cm³/mol. The Bertz CT molecular complexity index is 1100. The Morgan fingerprint density at radius 2 is 1.81 bits per heavy atom. The average molecular weight is 498 g/mol. The summed E-state index contributed by atoms with van der Waals surface area (Å²) >= 11 is 0. The summed E-state index contributed by atoms with van der Waals surface area (Å²) in [4.78, 5) is 43.2. The van der Waals surface area contributed by atoms with Gasteiger partial charge >= 0.3 is 0 Å². The number of fused-ring (bicyclic) bond motifs is 1. The molecule has 0 unspecified atom stereocenters. The number of nitrogens with zero attached hydrogens (tertiary/aromatic N) is 1. The quantitative estimate of drug-likeness (QED) is 0.567. The van der Waals surface area contributed by atoms with Crippen LogP contribution in [-0.4, -0.2) is 51.4 Å². The molecule has 2 bridgehead atoms.